The molecule has 0 radical (unpaired) electrons. The number of piperazine rings is 1. The van der Waals surface area contributed by atoms with Gasteiger partial charge in [0.05, 0.1) is 6.10 Å². The molecular weight excluding hydrogens is 236 g/mol. The van der Waals surface area contributed by atoms with Crippen molar-refractivity contribution in [3.63, 3.8) is 0 Å². The van der Waals surface area contributed by atoms with Crippen LogP contribution in [0.5, 0.6) is 0 Å². The summed E-state index contributed by atoms with van der Waals surface area (Å²) in [5.74, 6) is 0.792. The third-order valence-electron chi connectivity index (χ3n) is 5.10. The highest BCUT2D eigenvalue weighted by Crippen LogP contribution is 2.29. The van der Waals surface area contributed by atoms with E-state index < -0.39 is 0 Å². The van der Waals surface area contributed by atoms with Gasteiger partial charge < -0.3 is 10.4 Å². The van der Waals surface area contributed by atoms with E-state index in [0.717, 1.165) is 32.0 Å². The molecule has 1 saturated heterocycles. The Hall–Kier alpha value is -0.120. The fraction of sp³-hybridized carbons (Fsp3) is 1.00. The van der Waals surface area contributed by atoms with E-state index in [0.29, 0.717) is 12.1 Å². The fourth-order valence-corrected chi connectivity index (χ4v) is 3.80. The van der Waals surface area contributed by atoms with Crippen molar-refractivity contribution in [2.24, 2.45) is 5.92 Å². The zero-order valence-electron chi connectivity index (χ0n) is 12.8. The summed E-state index contributed by atoms with van der Waals surface area (Å²) in [6.07, 6.45) is 8.71. The molecule has 19 heavy (non-hydrogen) atoms. The Morgan fingerprint density at radius 2 is 1.95 bits per heavy atom. The standard InChI is InChI=1S/C16H32N2O/c1-3-14-11-18(15(4-2)10-17-14)12-16(19)9-13-7-5-6-8-13/h13-17,19H,3-12H2,1-2H3. The molecule has 0 amide bonds. The summed E-state index contributed by atoms with van der Waals surface area (Å²) in [7, 11) is 0. The zero-order valence-corrected chi connectivity index (χ0v) is 12.8. The van der Waals surface area contributed by atoms with E-state index in [9.17, 15) is 5.11 Å². The summed E-state index contributed by atoms with van der Waals surface area (Å²) in [5, 5.41) is 14.0. The van der Waals surface area contributed by atoms with Crippen LogP contribution < -0.4 is 5.32 Å². The minimum Gasteiger partial charge on any atom is -0.392 e. The molecule has 0 aromatic heterocycles. The lowest BCUT2D eigenvalue weighted by Gasteiger charge is -2.41. The number of β-amino-alcohol motifs (C(OH)–C–C–N with tert-alkyl or cyclic N) is 1. The van der Waals surface area contributed by atoms with Gasteiger partial charge in [0.2, 0.25) is 0 Å². The number of aliphatic hydroxyl groups is 1. The van der Waals surface area contributed by atoms with Gasteiger partial charge in [-0.2, -0.15) is 0 Å². The molecule has 1 aliphatic heterocycles. The maximum absolute atomic E-state index is 10.4. The van der Waals surface area contributed by atoms with Crippen LogP contribution in [-0.4, -0.2) is 47.8 Å². The van der Waals surface area contributed by atoms with Gasteiger partial charge in [-0.25, -0.2) is 0 Å². The summed E-state index contributed by atoms with van der Waals surface area (Å²) in [5.41, 5.74) is 0. The van der Waals surface area contributed by atoms with Gasteiger partial charge in [0.1, 0.15) is 0 Å². The van der Waals surface area contributed by atoms with E-state index in [2.05, 4.69) is 24.1 Å². The predicted octanol–water partition coefficient (Wildman–Crippen LogP) is 2.39. The highest BCUT2D eigenvalue weighted by molar-refractivity contribution is 4.86. The Labute approximate surface area is 118 Å². The molecule has 1 heterocycles. The number of hydrogen-bond donors (Lipinski definition) is 2. The van der Waals surface area contributed by atoms with Gasteiger partial charge in [-0.15, -0.1) is 0 Å². The SMILES string of the molecule is CCC1CN(CC(O)CC2CCCC2)C(CC)CN1. The first kappa shape index (κ1) is 15.3. The van der Waals surface area contributed by atoms with Crippen LogP contribution in [0.15, 0.2) is 0 Å². The van der Waals surface area contributed by atoms with Crippen molar-refractivity contribution in [3.8, 4) is 0 Å². The summed E-state index contributed by atoms with van der Waals surface area (Å²) >= 11 is 0. The van der Waals surface area contributed by atoms with Gasteiger partial charge in [0, 0.05) is 31.7 Å². The second-order valence-corrected chi connectivity index (χ2v) is 6.57. The van der Waals surface area contributed by atoms with Crippen molar-refractivity contribution in [2.45, 2.75) is 77.0 Å². The summed E-state index contributed by atoms with van der Waals surface area (Å²) in [6, 6.07) is 1.22. The van der Waals surface area contributed by atoms with E-state index in [1.54, 1.807) is 0 Å². The minimum absolute atomic E-state index is 0.118. The number of nitrogens with zero attached hydrogens (tertiary/aromatic N) is 1. The monoisotopic (exact) mass is 268 g/mol. The van der Waals surface area contributed by atoms with Gasteiger partial charge in [0.15, 0.2) is 0 Å². The molecule has 0 aromatic carbocycles. The van der Waals surface area contributed by atoms with Crippen molar-refractivity contribution in [1.82, 2.24) is 10.2 Å². The highest BCUT2D eigenvalue weighted by atomic mass is 16.3. The third-order valence-corrected chi connectivity index (χ3v) is 5.10. The maximum atomic E-state index is 10.4. The van der Waals surface area contributed by atoms with Crippen LogP contribution in [0, 0.1) is 5.92 Å². The Kier molecular flexibility index (Phi) is 6.11. The van der Waals surface area contributed by atoms with E-state index in [1.807, 2.05) is 0 Å². The lowest BCUT2D eigenvalue weighted by Crippen LogP contribution is -2.57. The fourth-order valence-electron chi connectivity index (χ4n) is 3.80. The van der Waals surface area contributed by atoms with Crippen LogP contribution >= 0.6 is 0 Å². The van der Waals surface area contributed by atoms with Crippen molar-refractivity contribution >= 4 is 0 Å². The van der Waals surface area contributed by atoms with Gasteiger partial charge in [-0.3, -0.25) is 4.90 Å². The smallest absolute Gasteiger partial charge is 0.0669 e. The highest BCUT2D eigenvalue weighted by Gasteiger charge is 2.28. The molecule has 0 spiro atoms. The number of rotatable bonds is 6. The average molecular weight is 268 g/mol. The summed E-state index contributed by atoms with van der Waals surface area (Å²) in [6.45, 7) is 7.58. The Morgan fingerprint density at radius 1 is 1.21 bits per heavy atom. The van der Waals surface area contributed by atoms with E-state index in [4.69, 9.17) is 0 Å². The van der Waals surface area contributed by atoms with Crippen LogP contribution in [0.25, 0.3) is 0 Å². The second kappa shape index (κ2) is 7.61. The first-order valence-electron chi connectivity index (χ1n) is 8.38. The molecule has 112 valence electrons. The Balaban J connectivity index is 1.79. The normalized spacial score (nSPS) is 31.7. The third kappa shape index (κ3) is 4.44. The Bertz CT molecular complexity index is 253. The van der Waals surface area contributed by atoms with Crippen LogP contribution in [-0.2, 0) is 0 Å². The summed E-state index contributed by atoms with van der Waals surface area (Å²) < 4.78 is 0. The van der Waals surface area contributed by atoms with Crippen LogP contribution in [0.3, 0.4) is 0 Å². The van der Waals surface area contributed by atoms with Crippen molar-refractivity contribution < 1.29 is 5.11 Å². The maximum Gasteiger partial charge on any atom is 0.0669 e. The lowest BCUT2D eigenvalue weighted by atomic mass is 9.98. The van der Waals surface area contributed by atoms with Crippen LogP contribution in [0.2, 0.25) is 0 Å². The van der Waals surface area contributed by atoms with Gasteiger partial charge in [-0.1, -0.05) is 39.5 Å². The lowest BCUT2D eigenvalue weighted by molar-refractivity contribution is 0.0463. The molecular formula is C16H32N2O. The molecule has 2 aliphatic rings. The molecule has 0 bridgehead atoms. The van der Waals surface area contributed by atoms with Crippen molar-refractivity contribution in [2.75, 3.05) is 19.6 Å². The van der Waals surface area contributed by atoms with Gasteiger partial charge in [0.25, 0.3) is 0 Å². The van der Waals surface area contributed by atoms with Gasteiger partial charge in [-0.05, 0) is 25.2 Å². The molecule has 3 atom stereocenters. The van der Waals surface area contributed by atoms with Crippen molar-refractivity contribution in [3.05, 3.63) is 0 Å². The quantitative estimate of drug-likeness (QED) is 0.776. The predicted molar refractivity (Wildman–Crippen MR) is 80.3 cm³/mol. The first-order chi connectivity index (χ1) is 9.22. The topological polar surface area (TPSA) is 35.5 Å². The Morgan fingerprint density at radius 3 is 2.58 bits per heavy atom. The average Bonchev–Trinajstić information content (AvgIpc) is 2.91. The van der Waals surface area contributed by atoms with Crippen molar-refractivity contribution in [1.29, 1.82) is 0 Å². The van der Waals surface area contributed by atoms with E-state index >= 15 is 0 Å². The molecule has 1 aliphatic carbocycles. The molecule has 2 fully saturated rings. The number of aliphatic hydroxyl groups excluding tert-OH is 1. The van der Waals surface area contributed by atoms with Gasteiger partial charge >= 0.3 is 0 Å². The molecule has 3 nitrogen and oxygen atoms in total. The zero-order chi connectivity index (χ0) is 13.7. The molecule has 0 aromatic rings. The van der Waals surface area contributed by atoms with Crippen LogP contribution in [0.1, 0.15) is 58.8 Å². The summed E-state index contributed by atoms with van der Waals surface area (Å²) in [4.78, 5) is 2.53. The second-order valence-electron chi connectivity index (χ2n) is 6.57. The van der Waals surface area contributed by atoms with E-state index in [1.165, 1.54) is 38.5 Å². The minimum atomic E-state index is -0.118. The largest absolute Gasteiger partial charge is 0.392 e. The number of nitrogens with one attached hydrogen (secondary N) is 1. The number of hydrogen-bond acceptors (Lipinski definition) is 3. The molecule has 2 N–H and O–H groups in total. The molecule has 3 unspecified atom stereocenters. The first-order valence-corrected chi connectivity index (χ1v) is 8.38. The van der Waals surface area contributed by atoms with Crippen LogP contribution in [0.4, 0.5) is 0 Å². The van der Waals surface area contributed by atoms with E-state index in [-0.39, 0.29) is 6.10 Å². The molecule has 1 saturated carbocycles. The molecule has 3 heteroatoms. The molecule has 2 rings (SSSR count).